The molecule has 2 rings (SSSR count). The molecule has 7 nitrogen and oxygen atoms in total. The minimum absolute atomic E-state index is 0.0983. The third-order valence-electron chi connectivity index (χ3n) is 2.61. The van der Waals surface area contributed by atoms with Crippen molar-refractivity contribution in [2.24, 2.45) is 0 Å². The molecule has 0 atom stereocenters. The number of benzene rings is 1. The summed E-state index contributed by atoms with van der Waals surface area (Å²) in [5.74, 6) is -2.53. The zero-order valence-corrected chi connectivity index (χ0v) is 11.9. The Hall–Kier alpha value is -2.42. The van der Waals surface area contributed by atoms with Gasteiger partial charge in [0, 0.05) is 0 Å². The van der Waals surface area contributed by atoms with Gasteiger partial charge in [-0.15, -0.1) is 0 Å². The molecule has 2 N–H and O–H groups in total. The number of hydrogen-bond acceptors (Lipinski definition) is 5. The van der Waals surface area contributed by atoms with Gasteiger partial charge in [-0.25, -0.2) is 22.3 Å². The number of carboxylic acid groups (broad SMARTS) is 1. The molecule has 0 unspecified atom stereocenters. The second-order valence-electron chi connectivity index (χ2n) is 4.31. The average molecular weight is 314 g/mol. The van der Waals surface area contributed by atoms with Crippen LogP contribution in [0.15, 0.2) is 27.7 Å². The summed E-state index contributed by atoms with van der Waals surface area (Å²) in [6.45, 7) is 2.88. The standard InChI is InChI=1S/C12H11FN2O5S/c1-6-3-8(4-9(10(6)13)11(16)17)21(18,19)15-12-14-7(2)5-20-12/h3-5H,1-2H3,(H,14,15)(H,16,17). The Morgan fingerprint density at radius 2 is 2.05 bits per heavy atom. The molecule has 0 aliphatic heterocycles. The normalized spacial score (nSPS) is 11.4. The Labute approximate surface area is 119 Å². The monoisotopic (exact) mass is 314 g/mol. The van der Waals surface area contributed by atoms with E-state index in [4.69, 9.17) is 9.52 Å². The SMILES string of the molecule is Cc1coc(NS(=O)(=O)c2cc(C)c(F)c(C(=O)O)c2)n1. The lowest BCUT2D eigenvalue weighted by Gasteiger charge is -2.08. The van der Waals surface area contributed by atoms with E-state index in [2.05, 4.69) is 4.98 Å². The highest BCUT2D eigenvalue weighted by Crippen LogP contribution is 2.21. The molecule has 0 saturated carbocycles. The third-order valence-corrected chi connectivity index (χ3v) is 3.91. The van der Waals surface area contributed by atoms with Gasteiger partial charge < -0.3 is 9.52 Å². The van der Waals surface area contributed by atoms with Gasteiger partial charge in [0.1, 0.15) is 12.1 Å². The van der Waals surface area contributed by atoms with Gasteiger partial charge in [0.15, 0.2) is 0 Å². The predicted octanol–water partition coefficient (Wildman–Crippen LogP) is 1.93. The lowest BCUT2D eigenvalue weighted by Crippen LogP contribution is -2.15. The van der Waals surface area contributed by atoms with Crippen LogP contribution in [0.1, 0.15) is 21.6 Å². The molecule has 0 amide bonds. The number of carboxylic acids is 1. The van der Waals surface area contributed by atoms with Crippen LogP contribution in [0.2, 0.25) is 0 Å². The van der Waals surface area contributed by atoms with Gasteiger partial charge in [0.2, 0.25) is 0 Å². The van der Waals surface area contributed by atoms with Crippen LogP contribution < -0.4 is 4.72 Å². The van der Waals surface area contributed by atoms with Crippen LogP contribution in [-0.2, 0) is 10.0 Å². The fourth-order valence-electron chi connectivity index (χ4n) is 1.62. The minimum atomic E-state index is -4.13. The number of hydrogen-bond donors (Lipinski definition) is 2. The third kappa shape index (κ3) is 3.02. The lowest BCUT2D eigenvalue weighted by molar-refractivity contribution is 0.0691. The number of nitrogens with one attached hydrogen (secondary N) is 1. The van der Waals surface area contributed by atoms with Crippen molar-refractivity contribution in [3.05, 3.63) is 41.0 Å². The van der Waals surface area contributed by atoms with E-state index in [-0.39, 0.29) is 11.6 Å². The maximum absolute atomic E-state index is 13.6. The van der Waals surface area contributed by atoms with Crippen molar-refractivity contribution < 1.29 is 27.1 Å². The first-order valence-corrected chi connectivity index (χ1v) is 7.17. The van der Waals surface area contributed by atoms with Crippen molar-refractivity contribution in [3.8, 4) is 0 Å². The summed E-state index contributed by atoms with van der Waals surface area (Å²) in [5.41, 5.74) is -0.355. The summed E-state index contributed by atoms with van der Waals surface area (Å²) in [6.07, 6.45) is 1.25. The van der Waals surface area contributed by atoms with Crippen molar-refractivity contribution in [3.63, 3.8) is 0 Å². The first-order valence-electron chi connectivity index (χ1n) is 5.69. The molecule has 0 aliphatic carbocycles. The number of aryl methyl sites for hydroxylation is 2. The molecular weight excluding hydrogens is 303 g/mol. The lowest BCUT2D eigenvalue weighted by atomic mass is 10.1. The predicted molar refractivity (Wildman–Crippen MR) is 70.1 cm³/mol. The minimum Gasteiger partial charge on any atom is -0.478 e. The number of aromatic nitrogens is 1. The quantitative estimate of drug-likeness (QED) is 0.892. The highest BCUT2D eigenvalue weighted by atomic mass is 32.2. The number of anilines is 1. The van der Waals surface area contributed by atoms with E-state index in [0.29, 0.717) is 5.69 Å². The summed E-state index contributed by atoms with van der Waals surface area (Å²) < 4.78 is 44.8. The van der Waals surface area contributed by atoms with Gasteiger partial charge in [-0.1, -0.05) is 0 Å². The van der Waals surface area contributed by atoms with E-state index in [9.17, 15) is 17.6 Å². The van der Waals surface area contributed by atoms with E-state index in [1.807, 2.05) is 4.72 Å². The van der Waals surface area contributed by atoms with Gasteiger partial charge in [0.25, 0.3) is 10.0 Å². The molecule has 0 saturated heterocycles. The molecule has 0 spiro atoms. The molecule has 0 aliphatic rings. The Balaban J connectivity index is 2.47. The summed E-state index contributed by atoms with van der Waals surface area (Å²) in [5, 5.41) is 8.89. The van der Waals surface area contributed by atoms with Gasteiger partial charge in [0.05, 0.1) is 16.2 Å². The smallest absolute Gasteiger partial charge is 0.338 e. The molecule has 2 aromatic rings. The van der Waals surface area contributed by atoms with E-state index in [1.54, 1.807) is 6.92 Å². The number of oxazole rings is 1. The Morgan fingerprint density at radius 1 is 1.38 bits per heavy atom. The second-order valence-corrected chi connectivity index (χ2v) is 5.99. The summed E-state index contributed by atoms with van der Waals surface area (Å²) >= 11 is 0. The highest BCUT2D eigenvalue weighted by molar-refractivity contribution is 7.92. The topological polar surface area (TPSA) is 110 Å². The van der Waals surface area contributed by atoms with E-state index < -0.39 is 32.3 Å². The number of rotatable bonds is 4. The molecule has 0 fully saturated rings. The number of aromatic carboxylic acids is 1. The zero-order chi connectivity index (χ0) is 15.8. The van der Waals surface area contributed by atoms with Crippen molar-refractivity contribution in [2.75, 3.05) is 4.72 Å². The van der Waals surface area contributed by atoms with Crippen molar-refractivity contribution >= 4 is 22.0 Å². The van der Waals surface area contributed by atoms with Gasteiger partial charge >= 0.3 is 12.0 Å². The van der Waals surface area contributed by atoms with Gasteiger partial charge in [-0.2, -0.15) is 4.98 Å². The molecule has 112 valence electrons. The van der Waals surface area contributed by atoms with Crippen LogP contribution in [0.4, 0.5) is 10.4 Å². The molecule has 1 aromatic carbocycles. The van der Waals surface area contributed by atoms with Crippen LogP contribution in [0.25, 0.3) is 0 Å². The molecule has 21 heavy (non-hydrogen) atoms. The largest absolute Gasteiger partial charge is 0.478 e. The van der Waals surface area contributed by atoms with E-state index in [0.717, 1.165) is 12.1 Å². The zero-order valence-electron chi connectivity index (χ0n) is 11.0. The van der Waals surface area contributed by atoms with Crippen molar-refractivity contribution in [1.29, 1.82) is 0 Å². The fraction of sp³-hybridized carbons (Fsp3) is 0.167. The molecular formula is C12H11FN2O5S. The van der Waals surface area contributed by atoms with Crippen LogP contribution in [0.3, 0.4) is 0 Å². The Morgan fingerprint density at radius 3 is 2.57 bits per heavy atom. The maximum Gasteiger partial charge on any atom is 0.338 e. The highest BCUT2D eigenvalue weighted by Gasteiger charge is 2.22. The van der Waals surface area contributed by atoms with E-state index in [1.165, 1.54) is 13.2 Å². The maximum atomic E-state index is 13.6. The summed E-state index contributed by atoms with van der Waals surface area (Å²) in [7, 11) is -4.13. The first kappa shape index (κ1) is 15.0. The van der Waals surface area contributed by atoms with Crippen molar-refractivity contribution in [1.82, 2.24) is 4.98 Å². The summed E-state index contributed by atoms with van der Waals surface area (Å²) in [4.78, 5) is 14.3. The van der Waals surface area contributed by atoms with E-state index >= 15 is 0 Å². The summed E-state index contributed by atoms with van der Waals surface area (Å²) in [6, 6.07) is 1.51. The van der Waals surface area contributed by atoms with Crippen LogP contribution >= 0.6 is 0 Å². The molecule has 1 aromatic heterocycles. The fourth-order valence-corrected chi connectivity index (χ4v) is 2.67. The van der Waals surface area contributed by atoms with Gasteiger partial charge in [-0.3, -0.25) is 0 Å². The van der Waals surface area contributed by atoms with Crippen LogP contribution in [0, 0.1) is 19.7 Å². The first-order chi connectivity index (χ1) is 9.70. The second kappa shape index (κ2) is 5.17. The average Bonchev–Trinajstić information content (AvgIpc) is 2.76. The Bertz CT molecular complexity index is 813. The van der Waals surface area contributed by atoms with Gasteiger partial charge in [-0.05, 0) is 31.5 Å². The molecule has 0 radical (unpaired) electrons. The van der Waals surface area contributed by atoms with Crippen LogP contribution in [0.5, 0.6) is 0 Å². The number of nitrogens with zero attached hydrogens (tertiary/aromatic N) is 1. The molecule has 0 bridgehead atoms. The van der Waals surface area contributed by atoms with Crippen molar-refractivity contribution in [2.45, 2.75) is 18.7 Å². The van der Waals surface area contributed by atoms with Crippen LogP contribution in [-0.4, -0.2) is 24.5 Å². The number of carbonyl (C=O) groups is 1. The molecule has 1 heterocycles. The number of halogens is 1. The Kier molecular flexibility index (Phi) is 3.69. The number of sulfonamides is 1. The molecule has 9 heteroatoms.